The fourth-order valence-corrected chi connectivity index (χ4v) is 4.87. The molecule has 2 fully saturated rings. The zero-order valence-corrected chi connectivity index (χ0v) is 19.7. The normalized spacial score (nSPS) is 16.2. The number of nitrogens with one attached hydrogen (secondary N) is 1. The maximum atomic E-state index is 9.60. The monoisotopic (exact) mass is 482 g/mol. The predicted molar refractivity (Wildman–Crippen MR) is 132 cm³/mol. The number of pyridine rings is 2. The Balaban J connectivity index is 0.00000130. The lowest BCUT2D eigenvalue weighted by molar-refractivity contribution is 0.293. The Morgan fingerprint density at radius 1 is 1.03 bits per heavy atom. The van der Waals surface area contributed by atoms with E-state index in [2.05, 4.69) is 44.7 Å². The molecule has 0 atom stereocenters. The van der Waals surface area contributed by atoms with Gasteiger partial charge in [-0.3, -0.25) is 4.68 Å². The molecule has 170 valence electrons. The largest absolute Gasteiger partial charge is 0.353 e. The smallest absolute Gasteiger partial charge is 0.128 e. The molecule has 2 saturated heterocycles. The van der Waals surface area contributed by atoms with E-state index in [-0.39, 0.29) is 24.8 Å². The second kappa shape index (κ2) is 8.67. The van der Waals surface area contributed by atoms with Crippen molar-refractivity contribution in [1.29, 1.82) is 5.26 Å². The predicted octanol–water partition coefficient (Wildman–Crippen LogP) is 3.45. The van der Waals surface area contributed by atoms with Crippen LogP contribution in [0.4, 0.5) is 5.82 Å². The Kier molecular flexibility index (Phi) is 6.06. The van der Waals surface area contributed by atoms with E-state index in [1.165, 1.54) is 12.8 Å². The summed E-state index contributed by atoms with van der Waals surface area (Å²) in [4.78, 5) is 7.08. The van der Waals surface area contributed by atoms with Crippen molar-refractivity contribution < 1.29 is 0 Å². The number of anilines is 1. The van der Waals surface area contributed by atoms with Crippen LogP contribution in [-0.4, -0.2) is 49.6 Å². The highest BCUT2D eigenvalue weighted by Gasteiger charge is 2.45. The molecule has 6 rings (SSSR count). The van der Waals surface area contributed by atoms with E-state index >= 15 is 0 Å². The standard InChI is InChI=1S/C23H22N8.2ClH/c1-29-12-19(11-27-29)17-7-20(22-18(8-24)10-28-31(22)13-17)16-3-4-21(25-9-16)30-14-23(15-30)5-2-6-26-23;;/h3-4,7,9-13,26H,2,5-6,14-15H2,1H3;2*1H. The highest BCUT2D eigenvalue weighted by Crippen LogP contribution is 2.35. The molecule has 1 N–H and O–H groups in total. The first-order valence-electron chi connectivity index (χ1n) is 10.5. The minimum absolute atomic E-state index is 0. The fourth-order valence-electron chi connectivity index (χ4n) is 4.87. The summed E-state index contributed by atoms with van der Waals surface area (Å²) in [7, 11) is 1.90. The fraction of sp³-hybridized carbons (Fsp3) is 0.304. The van der Waals surface area contributed by atoms with Gasteiger partial charge < -0.3 is 10.2 Å². The number of nitrogens with zero attached hydrogens (tertiary/aromatic N) is 7. The highest BCUT2D eigenvalue weighted by atomic mass is 35.5. The van der Waals surface area contributed by atoms with Gasteiger partial charge in [-0.15, -0.1) is 24.8 Å². The lowest BCUT2D eigenvalue weighted by Gasteiger charge is -2.49. The van der Waals surface area contributed by atoms with E-state index in [1.807, 2.05) is 31.8 Å². The number of aromatic nitrogens is 5. The maximum absolute atomic E-state index is 9.60. The van der Waals surface area contributed by atoms with Gasteiger partial charge in [-0.1, -0.05) is 0 Å². The molecule has 10 heteroatoms. The zero-order valence-electron chi connectivity index (χ0n) is 18.1. The molecular weight excluding hydrogens is 459 g/mol. The number of hydrogen-bond donors (Lipinski definition) is 1. The van der Waals surface area contributed by atoms with Crippen LogP contribution in [0.5, 0.6) is 0 Å². The van der Waals surface area contributed by atoms with Crippen LogP contribution < -0.4 is 10.2 Å². The molecule has 4 aromatic heterocycles. The van der Waals surface area contributed by atoms with Gasteiger partial charge in [0.1, 0.15) is 11.9 Å². The van der Waals surface area contributed by atoms with Crippen molar-refractivity contribution in [2.24, 2.45) is 7.05 Å². The first kappa shape index (κ1) is 23.1. The van der Waals surface area contributed by atoms with Crippen molar-refractivity contribution in [3.05, 3.63) is 54.7 Å². The number of halogens is 2. The van der Waals surface area contributed by atoms with Crippen LogP contribution >= 0.6 is 24.8 Å². The van der Waals surface area contributed by atoms with Crippen LogP contribution in [0, 0.1) is 11.3 Å². The van der Waals surface area contributed by atoms with Gasteiger partial charge in [0, 0.05) is 61.0 Å². The minimum atomic E-state index is 0. The Bertz CT molecular complexity index is 1320. The summed E-state index contributed by atoms with van der Waals surface area (Å²) in [6.07, 6.45) is 11.8. The van der Waals surface area contributed by atoms with Crippen LogP contribution in [0.15, 0.2) is 49.2 Å². The van der Waals surface area contributed by atoms with E-state index in [9.17, 15) is 5.26 Å². The van der Waals surface area contributed by atoms with Gasteiger partial charge in [-0.2, -0.15) is 15.5 Å². The first-order valence-corrected chi connectivity index (χ1v) is 10.5. The molecule has 2 aliphatic heterocycles. The third kappa shape index (κ3) is 3.82. The number of rotatable bonds is 3. The topological polar surface area (TPSA) is 87.1 Å². The van der Waals surface area contributed by atoms with E-state index in [0.29, 0.717) is 11.1 Å². The van der Waals surface area contributed by atoms with E-state index in [4.69, 9.17) is 4.98 Å². The molecule has 2 aliphatic rings. The molecule has 1 spiro atoms. The van der Waals surface area contributed by atoms with Crippen molar-refractivity contribution in [1.82, 2.24) is 29.7 Å². The summed E-state index contributed by atoms with van der Waals surface area (Å²) in [6, 6.07) is 8.52. The van der Waals surface area contributed by atoms with Crippen LogP contribution in [0.2, 0.25) is 0 Å². The number of fused-ring (bicyclic) bond motifs is 1. The molecule has 6 heterocycles. The summed E-state index contributed by atoms with van der Waals surface area (Å²) in [5.74, 6) is 0.997. The molecule has 0 saturated carbocycles. The molecule has 8 nitrogen and oxygen atoms in total. The Hall–Kier alpha value is -3.12. The molecular formula is C23H24Cl2N8. The molecule has 0 aliphatic carbocycles. The third-order valence-corrected chi connectivity index (χ3v) is 6.47. The number of hydrogen-bond acceptors (Lipinski definition) is 6. The van der Waals surface area contributed by atoms with E-state index in [0.717, 1.165) is 53.2 Å². The van der Waals surface area contributed by atoms with Gasteiger partial charge in [0.25, 0.3) is 0 Å². The Morgan fingerprint density at radius 2 is 1.88 bits per heavy atom. The van der Waals surface area contributed by atoms with Crippen LogP contribution in [0.1, 0.15) is 18.4 Å². The quantitative estimate of drug-likeness (QED) is 0.481. The van der Waals surface area contributed by atoms with Crippen molar-refractivity contribution >= 4 is 36.1 Å². The van der Waals surface area contributed by atoms with Gasteiger partial charge in [-0.05, 0) is 37.6 Å². The second-order valence-electron chi connectivity index (χ2n) is 8.58. The van der Waals surface area contributed by atoms with Gasteiger partial charge >= 0.3 is 0 Å². The number of aryl methyl sites for hydroxylation is 1. The lowest BCUT2D eigenvalue weighted by atomic mass is 9.88. The maximum Gasteiger partial charge on any atom is 0.128 e. The van der Waals surface area contributed by atoms with Crippen molar-refractivity contribution in [3.63, 3.8) is 0 Å². The highest BCUT2D eigenvalue weighted by molar-refractivity contribution is 5.87. The Morgan fingerprint density at radius 3 is 2.52 bits per heavy atom. The van der Waals surface area contributed by atoms with E-state index in [1.54, 1.807) is 15.4 Å². The minimum Gasteiger partial charge on any atom is -0.353 e. The van der Waals surface area contributed by atoms with E-state index < -0.39 is 0 Å². The van der Waals surface area contributed by atoms with Crippen LogP contribution in [0.3, 0.4) is 0 Å². The molecule has 0 unspecified atom stereocenters. The average molecular weight is 483 g/mol. The summed E-state index contributed by atoms with van der Waals surface area (Å²) in [5.41, 5.74) is 5.53. The van der Waals surface area contributed by atoms with Crippen molar-refractivity contribution in [2.45, 2.75) is 18.4 Å². The van der Waals surface area contributed by atoms with Gasteiger partial charge in [0.2, 0.25) is 0 Å². The molecule has 33 heavy (non-hydrogen) atoms. The summed E-state index contributed by atoms with van der Waals surface area (Å²) < 4.78 is 3.55. The van der Waals surface area contributed by atoms with Gasteiger partial charge in [-0.25, -0.2) is 9.50 Å². The van der Waals surface area contributed by atoms with Crippen molar-refractivity contribution in [2.75, 3.05) is 24.5 Å². The summed E-state index contributed by atoms with van der Waals surface area (Å²) >= 11 is 0. The first-order chi connectivity index (χ1) is 15.1. The van der Waals surface area contributed by atoms with Gasteiger partial charge in [0.05, 0.1) is 29.0 Å². The van der Waals surface area contributed by atoms with Crippen LogP contribution in [0.25, 0.3) is 27.8 Å². The molecule has 0 amide bonds. The average Bonchev–Trinajstić information content (AvgIpc) is 3.51. The third-order valence-electron chi connectivity index (χ3n) is 6.47. The summed E-state index contributed by atoms with van der Waals surface area (Å²) in [5, 5.41) is 21.9. The van der Waals surface area contributed by atoms with Crippen LogP contribution in [-0.2, 0) is 7.05 Å². The molecule has 0 radical (unpaired) electrons. The molecule has 0 bridgehead atoms. The Labute approximate surface area is 204 Å². The zero-order chi connectivity index (χ0) is 21.0. The van der Waals surface area contributed by atoms with Crippen molar-refractivity contribution in [3.8, 4) is 28.3 Å². The second-order valence-corrected chi connectivity index (χ2v) is 8.58. The molecule has 0 aromatic carbocycles. The summed E-state index contributed by atoms with van der Waals surface area (Å²) in [6.45, 7) is 3.15. The number of nitriles is 1. The lowest BCUT2D eigenvalue weighted by Crippen LogP contribution is -2.67. The van der Waals surface area contributed by atoms with Gasteiger partial charge in [0.15, 0.2) is 0 Å². The molecule has 4 aromatic rings. The SMILES string of the molecule is Cl.Cl.Cn1cc(-c2cc(-c3ccc(N4CC5(CCCN5)C4)nc3)c3c(C#N)cnn3c2)cn1.